The molecule has 2 heterocycles. The zero-order valence-corrected chi connectivity index (χ0v) is 12.8. The largest absolute Gasteiger partial charge is 0.480 e. The highest BCUT2D eigenvalue weighted by atomic mass is 16.5. The van der Waals surface area contributed by atoms with Gasteiger partial charge in [-0.1, -0.05) is 45.0 Å². The molecule has 0 aliphatic carbocycles. The molecule has 0 amide bonds. The molecule has 0 bridgehead atoms. The minimum Gasteiger partial charge on any atom is -0.480 e. The van der Waals surface area contributed by atoms with Crippen LogP contribution in [0.25, 0.3) is 16.9 Å². The van der Waals surface area contributed by atoms with Crippen LogP contribution in [0.5, 0.6) is 5.88 Å². The lowest BCUT2D eigenvalue weighted by Crippen LogP contribution is -2.10. The third-order valence-electron chi connectivity index (χ3n) is 3.59. The molecule has 0 atom stereocenters. The normalized spacial score (nSPS) is 11.8. The van der Waals surface area contributed by atoms with E-state index in [1.54, 1.807) is 13.3 Å². The molecular weight excluding hydrogens is 262 g/mol. The molecule has 2 aromatic heterocycles. The summed E-state index contributed by atoms with van der Waals surface area (Å²) in [5.74, 6) is 0.579. The van der Waals surface area contributed by atoms with Crippen LogP contribution in [0.2, 0.25) is 0 Å². The number of hydrogen-bond donors (Lipinski definition) is 0. The lowest BCUT2D eigenvalue weighted by atomic mass is 9.86. The summed E-state index contributed by atoms with van der Waals surface area (Å²) in [6, 6.07) is 8.49. The van der Waals surface area contributed by atoms with Gasteiger partial charge in [-0.25, -0.2) is 9.97 Å². The second-order valence-electron chi connectivity index (χ2n) is 6.12. The average molecular weight is 281 g/mol. The number of fused-ring (bicyclic) bond motifs is 1. The summed E-state index contributed by atoms with van der Waals surface area (Å²) in [4.78, 5) is 8.93. The van der Waals surface area contributed by atoms with Gasteiger partial charge < -0.3 is 4.74 Å². The van der Waals surface area contributed by atoms with Gasteiger partial charge in [0, 0.05) is 18.0 Å². The third-order valence-corrected chi connectivity index (χ3v) is 3.59. The fraction of sp³-hybridized carbons (Fsp3) is 0.294. The highest BCUT2D eigenvalue weighted by molar-refractivity contribution is 5.74. The fourth-order valence-corrected chi connectivity index (χ4v) is 2.33. The summed E-state index contributed by atoms with van der Waals surface area (Å²) in [5.41, 5.74) is 4.15. The van der Waals surface area contributed by atoms with E-state index in [0.29, 0.717) is 5.88 Å². The van der Waals surface area contributed by atoms with Gasteiger partial charge in [0.1, 0.15) is 5.69 Å². The highest BCUT2D eigenvalue weighted by Crippen LogP contribution is 2.28. The van der Waals surface area contributed by atoms with E-state index in [9.17, 15) is 0 Å². The van der Waals surface area contributed by atoms with Crippen molar-refractivity contribution < 1.29 is 4.74 Å². The van der Waals surface area contributed by atoms with Gasteiger partial charge in [0.05, 0.1) is 13.3 Å². The zero-order chi connectivity index (χ0) is 15.0. The van der Waals surface area contributed by atoms with Crippen molar-refractivity contribution in [3.8, 4) is 17.1 Å². The second kappa shape index (κ2) is 4.88. The standard InChI is InChI=1S/C17H19N3O/c1-17(2,3)13-7-5-12(6-8-13)15-16-18-9-10-20(16)11-14(19-15)21-4/h5-11H,1-4H3. The van der Waals surface area contributed by atoms with Crippen LogP contribution in [-0.2, 0) is 5.41 Å². The van der Waals surface area contributed by atoms with E-state index in [1.165, 1.54) is 5.56 Å². The van der Waals surface area contributed by atoms with Crippen molar-refractivity contribution in [1.82, 2.24) is 14.4 Å². The Bertz CT molecular complexity index is 767. The summed E-state index contributed by atoms with van der Waals surface area (Å²) >= 11 is 0. The van der Waals surface area contributed by atoms with Crippen LogP contribution in [-0.4, -0.2) is 21.5 Å². The van der Waals surface area contributed by atoms with Crippen molar-refractivity contribution in [3.63, 3.8) is 0 Å². The molecule has 21 heavy (non-hydrogen) atoms. The molecule has 3 aromatic rings. The smallest absolute Gasteiger partial charge is 0.230 e. The predicted octanol–water partition coefficient (Wildman–Crippen LogP) is 3.70. The molecule has 1 aromatic carbocycles. The molecule has 108 valence electrons. The first kappa shape index (κ1) is 13.6. The first-order valence-electron chi connectivity index (χ1n) is 6.97. The van der Waals surface area contributed by atoms with Crippen molar-refractivity contribution in [2.75, 3.05) is 7.11 Å². The monoisotopic (exact) mass is 281 g/mol. The number of imidazole rings is 1. The molecule has 0 unspecified atom stereocenters. The molecule has 0 spiro atoms. The van der Waals surface area contributed by atoms with Crippen molar-refractivity contribution in [1.29, 1.82) is 0 Å². The highest BCUT2D eigenvalue weighted by Gasteiger charge is 2.15. The maximum atomic E-state index is 5.27. The van der Waals surface area contributed by atoms with Crippen LogP contribution in [0.4, 0.5) is 0 Å². The number of ether oxygens (including phenoxy) is 1. The van der Waals surface area contributed by atoms with E-state index in [2.05, 4.69) is 55.0 Å². The summed E-state index contributed by atoms with van der Waals surface area (Å²) in [6.45, 7) is 6.62. The van der Waals surface area contributed by atoms with Crippen molar-refractivity contribution in [2.45, 2.75) is 26.2 Å². The predicted molar refractivity (Wildman–Crippen MR) is 83.7 cm³/mol. The van der Waals surface area contributed by atoms with Crippen LogP contribution in [0, 0.1) is 0 Å². The number of rotatable bonds is 2. The third kappa shape index (κ3) is 2.49. The van der Waals surface area contributed by atoms with Crippen LogP contribution < -0.4 is 4.74 Å². The fourth-order valence-electron chi connectivity index (χ4n) is 2.33. The van der Waals surface area contributed by atoms with Crippen molar-refractivity contribution >= 4 is 5.65 Å². The van der Waals surface area contributed by atoms with Crippen LogP contribution >= 0.6 is 0 Å². The van der Waals surface area contributed by atoms with Gasteiger partial charge in [0.2, 0.25) is 5.88 Å². The lowest BCUT2D eigenvalue weighted by Gasteiger charge is -2.19. The first-order valence-corrected chi connectivity index (χ1v) is 6.97. The number of aromatic nitrogens is 3. The number of nitrogens with zero attached hydrogens (tertiary/aromatic N) is 3. The molecule has 4 heteroatoms. The zero-order valence-electron chi connectivity index (χ0n) is 12.8. The van der Waals surface area contributed by atoms with Gasteiger partial charge in [-0.05, 0) is 11.0 Å². The number of methoxy groups -OCH3 is 1. The Kier molecular flexibility index (Phi) is 3.16. The molecule has 0 fully saturated rings. The molecule has 0 saturated carbocycles. The Morgan fingerprint density at radius 3 is 2.43 bits per heavy atom. The van der Waals surface area contributed by atoms with Crippen LogP contribution in [0.15, 0.2) is 42.9 Å². The van der Waals surface area contributed by atoms with Gasteiger partial charge in [-0.3, -0.25) is 4.40 Å². The summed E-state index contributed by atoms with van der Waals surface area (Å²) in [7, 11) is 1.62. The Labute approximate surface area is 124 Å². The minimum absolute atomic E-state index is 0.142. The van der Waals surface area contributed by atoms with E-state index >= 15 is 0 Å². The van der Waals surface area contributed by atoms with Crippen LogP contribution in [0.1, 0.15) is 26.3 Å². The van der Waals surface area contributed by atoms with Crippen molar-refractivity contribution in [3.05, 3.63) is 48.4 Å². The molecule has 0 saturated heterocycles. The van der Waals surface area contributed by atoms with Gasteiger partial charge in [-0.15, -0.1) is 0 Å². The first-order chi connectivity index (χ1) is 9.99. The summed E-state index contributed by atoms with van der Waals surface area (Å²) in [6.07, 6.45) is 5.49. The molecular formula is C17H19N3O. The maximum Gasteiger partial charge on any atom is 0.230 e. The Balaban J connectivity index is 2.13. The number of benzene rings is 1. The molecule has 0 aliphatic rings. The Hall–Kier alpha value is -2.36. The van der Waals surface area contributed by atoms with Gasteiger partial charge in [-0.2, -0.15) is 0 Å². The molecule has 3 rings (SSSR count). The number of hydrogen-bond acceptors (Lipinski definition) is 3. The van der Waals surface area contributed by atoms with Crippen molar-refractivity contribution in [2.24, 2.45) is 0 Å². The molecule has 0 radical (unpaired) electrons. The van der Waals surface area contributed by atoms with Gasteiger partial charge in [0.25, 0.3) is 0 Å². The topological polar surface area (TPSA) is 39.4 Å². The quantitative estimate of drug-likeness (QED) is 0.719. The maximum absolute atomic E-state index is 5.27. The average Bonchev–Trinajstić information content (AvgIpc) is 2.93. The Morgan fingerprint density at radius 1 is 1.10 bits per heavy atom. The summed E-state index contributed by atoms with van der Waals surface area (Å²) in [5, 5.41) is 0. The SMILES string of the molecule is COc1cn2ccnc2c(-c2ccc(C(C)(C)C)cc2)n1. The molecule has 4 nitrogen and oxygen atoms in total. The van der Waals surface area contributed by atoms with E-state index < -0.39 is 0 Å². The van der Waals surface area contributed by atoms with E-state index in [1.807, 2.05) is 16.8 Å². The minimum atomic E-state index is 0.142. The van der Waals surface area contributed by atoms with E-state index in [-0.39, 0.29) is 5.41 Å². The second-order valence-corrected chi connectivity index (χ2v) is 6.12. The Morgan fingerprint density at radius 2 is 1.81 bits per heavy atom. The molecule has 0 aliphatic heterocycles. The van der Waals surface area contributed by atoms with E-state index in [0.717, 1.165) is 16.9 Å². The van der Waals surface area contributed by atoms with Crippen LogP contribution in [0.3, 0.4) is 0 Å². The van der Waals surface area contributed by atoms with E-state index in [4.69, 9.17) is 4.74 Å². The summed E-state index contributed by atoms with van der Waals surface area (Å²) < 4.78 is 7.20. The van der Waals surface area contributed by atoms with Gasteiger partial charge in [0.15, 0.2) is 5.65 Å². The van der Waals surface area contributed by atoms with Gasteiger partial charge >= 0.3 is 0 Å². The molecule has 0 N–H and O–H groups in total. The lowest BCUT2D eigenvalue weighted by molar-refractivity contribution is 0.396.